The van der Waals surface area contributed by atoms with Crippen LogP contribution in [0.4, 0.5) is 13.2 Å². The Kier molecular flexibility index (Phi) is 5.72. The number of amides is 1. The summed E-state index contributed by atoms with van der Waals surface area (Å²) in [5.74, 6) is -0.972. The van der Waals surface area contributed by atoms with Gasteiger partial charge in [-0.25, -0.2) is 13.1 Å². The van der Waals surface area contributed by atoms with Gasteiger partial charge in [-0.1, -0.05) is 15.9 Å². The number of hydrogen-bond acceptors (Lipinski definition) is 5. The zero-order valence-electron chi connectivity index (χ0n) is 12.8. The molecule has 2 rings (SSSR count). The highest BCUT2D eigenvalue weighted by Crippen LogP contribution is 2.19. The molecule has 1 aromatic heterocycles. The van der Waals surface area contributed by atoms with Crippen LogP contribution in [0.15, 0.2) is 39.8 Å². The Hall–Kier alpha value is -2.39. The van der Waals surface area contributed by atoms with Gasteiger partial charge in [0.05, 0.1) is 28.6 Å². The van der Waals surface area contributed by atoms with Crippen LogP contribution < -0.4 is 4.72 Å². The standard InChI is InChI=1S/C14H10BrF3N4O3S/c15-10-3-9(7-19)4-12(5-10)26(24,25)21-13(23)6-11-1-2-22(20-11)8-14(16,17)18/h1-5H,6,8H2,(H,21,23). The van der Waals surface area contributed by atoms with Gasteiger partial charge in [0.1, 0.15) is 6.54 Å². The molecule has 0 aliphatic rings. The minimum absolute atomic E-state index is 0.0195. The first kappa shape index (κ1) is 19.9. The number of alkyl halides is 3. The summed E-state index contributed by atoms with van der Waals surface area (Å²) in [6, 6.07) is 6.65. The van der Waals surface area contributed by atoms with Gasteiger partial charge in [-0.15, -0.1) is 0 Å². The molecule has 0 aliphatic heterocycles. The fourth-order valence-electron chi connectivity index (χ4n) is 1.96. The van der Waals surface area contributed by atoms with Crippen LogP contribution in [0.1, 0.15) is 11.3 Å². The predicted molar refractivity (Wildman–Crippen MR) is 86.2 cm³/mol. The van der Waals surface area contributed by atoms with Gasteiger partial charge in [-0.3, -0.25) is 9.48 Å². The second-order valence-corrected chi connectivity index (χ2v) is 7.71. The summed E-state index contributed by atoms with van der Waals surface area (Å²) >= 11 is 3.06. The van der Waals surface area contributed by atoms with Gasteiger partial charge >= 0.3 is 6.18 Å². The molecule has 0 saturated heterocycles. The van der Waals surface area contributed by atoms with Crippen molar-refractivity contribution >= 4 is 31.9 Å². The Morgan fingerprint density at radius 2 is 2.04 bits per heavy atom. The van der Waals surface area contributed by atoms with Gasteiger partial charge in [0.2, 0.25) is 5.91 Å². The molecule has 0 saturated carbocycles. The van der Waals surface area contributed by atoms with E-state index in [0.29, 0.717) is 9.15 Å². The van der Waals surface area contributed by atoms with Gasteiger partial charge in [0.25, 0.3) is 10.0 Å². The largest absolute Gasteiger partial charge is 0.408 e. The van der Waals surface area contributed by atoms with Crippen LogP contribution in [-0.4, -0.2) is 30.3 Å². The average Bonchev–Trinajstić information content (AvgIpc) is 2.90. The number of benzene rings is 1. The number of rotatable bonds is 5. The number of carbonyl (C=O) groups is 1. The van der Waals surface area contributed by atoms with Gasteiger partial charge in [-0.2, -0.15) is 23.5 Å². The summed E-state index contributed by atoms with van der Waals surface area (Å²) in [6.45, 7) is -1.32. The number of nitrogens with zero attached hydrogens (tertiary/aromatic N) is 3. The van der Waals surface area contributed by atoms with E-state index < -0.39 is 35.1 Å². The molecule has 0 fully saturated rings. The number of aromatic nitrogens is 2. The normalized spacial score (nSPS) is 11.8. The Bertz CT molecular complexity index is 980. The van der Waals surface area contributed by atoms with E-state index in [4.69, 9.17) is 5.26 Å². The second-order valence-electron chi connectivity index (χ2n) is 5.11. The molecule has 138 valence electrons. The SMILES string of the molecule is N#Cc1cc(Br)cc(S(=O)(=O)NC(=O)Cc2ccn(CC(F)(F)F)n2)c1. The molecular weight excluding hydrogens is 441 g/mol. The molecule has 7 nitrogen and oxygen atoms in total. The maximum atomic E-state index is 12.3. The van der Waals surface area contributed by atoms with E-state index in [1.165, 1.54) is 18.2 Å². The minimum Gasteiger partial charge on any atom is -0.274 e. The lowest BCUT2D eigenvalue weighted by molar-refractivity contribution is -0.142. The number of halogens is 4. The highest BCUT2D eigenvalue weighted by molar-refractivity contribution is 9.10. The number of nitrogens with one attached hydrogen (secondary N) is 1. The third-order valence-corrected chi connectivity index (χ3v) is 4.75. The molecule has 1 N–H and O–H groups in total. The highest BCUT2D eigenvalue weighted by Gasteiger charge is 2.28. The van der Waals surface area contributed by atoms with E-state index in [9.17, 15) is 26.4 Å². The third kappa shape index (κ3) is 5.57. The van der Waals surface area contributed by atoms with Crippen molar-refractivity contribution in [3.63, 3.8) is 0 Å². The Balaban J connectivity index is 2.10. The first-order chi connectivity index (χ1) is 12.0. The van der Waals surface area contributed by atoms with Crippen molar-refractivity contribution in [2.75, 3.05) is 0 Å². The van der Waals surface area contributed by atoms with E-state index >= 15 is 0 Å². The number of nitriles is 1. The van der Waals surface area contributed by atoms with Crippen LogP contribution in [-0.2, 0) is 27.8 Å². The minimum atomic E-state index is -4.46. The van der Waals surface area contributed by atoms with Crippen LogP contribution in [0.25, 0.3) is 0 Å². The first-order valence-electron chi connectivity index (χ1n) is 6.84. The van der Waals surface area contributed by atoms with E-state index in [0.717, 1.165) is 12.3 Å². The topological polar surface area (TPSA) is 105 Å². The van der Waals surface area contributed by atoms with Crippen LogP contribution >= 0.6 is 15.9 Å². The molecular formula is C14H10BrF3N4O3S. The van der Waals surface area contributed by atoms with Crippen molar-refractivity contribution in [2.45, 2.75) is 24.0 Å². The van der Waals surface area contributed by atoms with E-state index in [1.54, 1.807) is 10.8 Å². The fourth-order valence-corrected chi connectivity index (χ4v) is 3.66. The molecule has 0 unspecified atom stereocenters. The monoisotopic (exact) mass is 450 g/mol. The third-order valence-electron chi connectivity index (χ3n) is 2.94. The van der Waals surface area contributed by atoms with Crippen LogP contribution in [0.3, 0.4) is 0 Å². The molecule has 2 aromatic rings. The molecule has 12 heteroatoms. The Morgan fingerprint density at radius 1 is 1.35 bits per heavy atom. The molecule has 0 bridgehead atoms. The van der Waals surface area contributed by atoms with Crippen LogP contribution in [0.2, 0.25) is 0 Å². The quantitative estimate of drug-likeness (QED) is 0.750. The lowest BCUT2D eigenvalue weighted by Crippen LogP contribution is -2.32. The second kappa shape index (κ2) is 7.46. The number of hydrogen-bond donors (Lipinski definition) is 1. The molecule has 1 aromatic carbocycles. The van der Waals surface area contributed by atoms with Crippen molar-refractivity contribution in [1.82, 2.24) is 14.5 Å². The zero-order valence-corrected chi connectivity index (χ0v) is 15.2. The summed E-state index contributed by atoms with van der Waals surface area (Å²) in [5, 5.41) is 12.4. The van der Waals surface area contributed by atoms with Crippen molar-refractivity contribution < 1.29 is 26.4 Å². The first-order valence-corrected chi connectivity index (χ1v) is 9.11. The highest BCUT2D eigenvalue weighted by atomic mass is 79.9. The lowest BCUT2D eigenvalue weighted by atomic mass is 10.2. The van der Waals surface area contributed by atoms with Crippen molar-refractivity contribution in [1.29, 1.82) is 5.26 Å². The van der Waals surface area contributed by atoms with Crippen LogP contribution in [0.5, 0.6) is 0 Å². The summed E-state index contributed by atoms with van der Waals surface area (Å²) < 4.78 is 64.0. The van der Waals surface area contributed by atoms with E-state index in [-0.39, 0.29) is 16.2 Å². The molecule has 0 aliphatic carbocycles. The summed E-state index contributed by atoms with van der Waals surface area (Å²) in [7, 11) is -4.25. The van der Waals surface area contributed by atoms with Gasteiger partial charge in [0, 0.05) is 10.7 Å². The average molecular weight is 451 g/mol. The summed E-state index contributed by atoms with van der Waals surface area (Å²) in [4.78, 5) is 11.6. The fraction of sp³-hybridized carbons (Fsp3) is 0.214. The molecule has 26 heavy (non-hydrogen) atoms. The van der Waals surface area contributed by atoms with Crippen molar-refractivity contribution in [2.24, 2.45) is 0 Å². The Morgan fingerprint density at radius 3 is 2.65 bits per heavy atom. The van der Waals surface area contributed by atoms with E-state index in [2.05, 4.69) is 21.0 Å². The number of carbonyl (C=O) groups excluding carboxylic acids is 1. The maximum absolute atomic E-state index is 12.3. The van der Waals surface area contributed by atoms with Gasteiger partial charge in [-0.05, 0) is 24.3 Å². The molecule has 0 radical (unpaired) electrons. The summed E-state index contributed by atoms with van der Waals surface area (Å²) in [5.41, 5.74) is 0.0481. The molecule has 1 amide bonds. The maximum Gasteiger partial charge on any atom is 0.408 e. The van der Waals surface area contributed by atoms with Crippen molar-refractivity contribution in [3.8, 4) is 6.07 Å². The Labute approximate surface area is 154 Å². The smallest absolute Gasteiger partial charge is 0.274 e. The van der Waals surface area contributed by atoms with Crippen molar-refractivity contribution in [3.05, 3.63) is 46.2 Å². The van der Waals surface area contributed by atoms with Gasteiger partial charge in [0.15, 0.2) is 0 Å². The van der Waals surface area contributed by atoms with E-state index in [1.807, 2.05) is 0 Å². The van der Waals surface area contributed by atoms with Crippen LogP contribution in [0, 0.1) is 11.3 Å². The summed E-state index contributed by atoms with van der Waals surface area (Å²) in [6.07, 6.45) is -3.95. The zero-order chi connectivity index (χ0) is 19.5. The molecule has 0 atom stereocenters. The number of sulfonamides is 1. The molecule has 1 heterocycles. The van der Waals surface area contributed by atoms with Gasteiger partial charge < -0.3 is 0 Å². The lowest BCUT2D eigenvalue weighted by Gasteiger charge is -2.07. The molecule has 0 spiro atoms. The predicted octanol–water partition coefficient (Wildman–Crippen LogP) is 2.13.